The molecule has 1 fully saturated rings. The SMILES string of the molecule is C=C1N(C)CC[C@@]1(O)C#Cc1cc(-c2cc(OC)cc(C(N)=O)n2)ccc1F. The summed E-state index contributed by atoms with van der Waals surface area (Å²) in [7, 11) is 3.27. The number of nitrogens with zero attached hydrogens (tertiary/aromatic N) is 2. The van der Waals surface area contributed by atoms with E-state index in [2.05, 4.69) is 23.4 Å². The lowest BCUT2D eigenvalue weighted by Gasteiger charge is -2.19. The molecule has 1 aromatic carbocycles. The minimum atomic E-state index is -1.38. The average Bonchev–Trinajstić information content (AvgIpc) is 2.94. The average molecular weight is 381 g/mol. The summed E-state index contributed by atoms with van der Waals surface area (Å²) in [4.78, 5) is 17.5. The summed E-state index contributed by atoms with van der Waals surface area (Å²) in [6.07, 6.45) is 0.399. The van der Waals surface area contributed by atoms with Crippen molar-refractivity contribution >= 4 is 5.91 Å². The molecule has 2 heterocycles. The second-order valence-electron chi connectivity index (χ2n) is 6.56. The first kappa shape index (κ1) is 19.4. The molecule has 0 aliphatic carbocycles. The second-order valence-corrected chi connectivity index (χ2v) is 6.56. The van der Waals surface area contributed by atoms with Gasteiger partial charge in [0, 0.05) is 37.7 Å². The van der Waals surface area contributed by atoms with Crippen LogP contribution in [0, 0.1) is 17.7 Å². The number of pyridine rings is 1. The maximum Gasteiger partial charge on any atom is 0.267 e. The summed E-state index contributed by atoms with van der Waals surface area (Å²) in [6, 6.07) is 7.31. The van der Waals surface area contributed by atoms with Crippen LogP contribution in [0.2, 0.25) is 0 Å². The van der Waals surface area contributed by atoms with Gasteiger partial charge in [-0.2, -0.15) is 0 Å². The Balaban J connectivity index is 2.02. The monoisotopic (exact) mass is 381 g/mol. The molecule has 1 aliphatic rings. The van der Waals surface area contributed by atoms with E-state index in [-0.39, 0.29) is 11.3 Å². The minimum absolute atomic E-state index is 0.0333. The van der Waals surface area contributed by atoms with Gasteiger partial charge in [-0.3, -0.25) is 4.79 Å². The fourth-order valence-corrected chi connectivity index (χ4v) is 2.91. The second kappa shape index (κ2) is 7.33. The molecular weight excluding hydrogens is 361 g/mol. The number of ether oxygens (including phenoxy) is 1. The first-order valence-electron chi connectivity index (χ1n) is 8.55. The quantitative estimate of drug-likeness (QED) is 0.793. The van der Waals surface area contributed by atoms with Crippen LogP contribution in [-0.4, -0.2) is 47.2 Å². The van der Waals surface area contributed by atoms with Crippen LogP contribution < -0.4 is 10.5 Å². The number of methoxy groups -OCH3 is 1. The van der Waals surface area contributed by atoms with Gasteiger partial charge in [0.2, 0.25) is 0 Å². The molecule has 1 amide bonds. The predicted molar refractivity (Wildman–Crippen MR) is 103 cm³/mol. The van der Waals surface area contributed by atoms with Gasteiger partial charge in [0.15, 0.2) is 5.60 Å². The number of hydrogen-bond acceptors (Lipinski definition) is 5. The number of aromatic nitrogens is 1. The van der Waals surface area contributed by atoms with E-state index >= 15 is 0 Å². The summed E-state index contributed by atoms with van der Waals surface area (Å²) < 4.78 is 19.4. The zero-order valence-corrected chi connectivity index (χ0v) is 15.6. The number of hydrogen-bond donors (Lipinski definition) is 2. The first-order valence-corrected chi connectivity index (χ1v) is 8.55. The Morgan fingerprint density at radius 2 is 2.18 bits per heavy atom. The lowest BCUT2D eigenvalue weighted by atomic mass is 10.00. The van der Waals surface area contributed by atoms with Crippen LogP contribution in [-0.2, 0) is 0 Å². The fraction of sp³-hybridized carbons (Fsp3) is 0.238. The lowest BCUT2D eigenvalue weighted by Crippen LogP contribution is -2.26. The molecule has 1 aliphatic heterocycles. The molecule has 1 aromatic heterocycles. The number of carbonyl (C=O) groups is 1. The molecule has 6 nitrogen and oxygen atoms in total. The molecule has 28 heavy (non-hydrogen) atoms. The number of amides is 1. The van der Waals surface area contributed by atoms with Crippen LogP contribution in [0.25, 0.3) is 11.3 Å². The Morgan fingerprint density at radius 3 is 2.79 bits per heavy atom. The number of nitrogens with two attached hydrogens (primary N) is 1. The summed E-state index contributed by atoms with van der Waals surface area (Å²) in [6.45, 7) is 4.47. The van der Waals surface area contributed by atoms with E-state index in [0.717, 1.165) is 0 Å². The van der Waals surface area contributed by atoms with Crippen LogP contribution in [0.3, 0.4) is 0 Å². The third-order valence-electron chi connectivity index (χ3n) is 4.70. The number of likely N-dealkylation sites (tertiary alicyclic amines) is 1. The third kappa shape index (κ3) is 3.68. The number of carbonyl (C=O) groups excluding carboxylic acids is 1. The number of benzene rings is 1. The summed E-state index contributed by atoms with van der Waals surface area (Å²) in [5, 5.41) is 10.6. The predicted octanol–water partition coefficient (Wildman–Crippen LogP) is 1.93. The maximum atomic E-state index is 14.3. The zero-order chi connectivity index (χ0) is 20.5. The molecule has 7 heteroatoms. The van der Waals surface area contributed by atoms with E-state index in [1.54, 1.807) is 6.07 Å². The standard InChI is InChI=1S/C21H20FN3O3/c1-13-21(27,8-9-25(13)2)7-6-14-10-15(4-5-17(14)22)18-11-16(28-3)12-19(24-18)20(23)26/h4-5,10-12,27H,1,8-9H2,2-3H3,(H2,23,26)/t21-/m0/s1. The van der Waals surface area contributed by atoms with E-state index in [1.165, 1.54) is 31.4 Å². The Labute approximate surface area is 162 Å². The summed E-state index contributed by atoms with van der Waals surface area (Å²) in [5.41, 5.74) is 5.46. The van der Waals surface area contributed by atoms with Crippen molar-refractivity contribution in [3.8, 4) is 28.8 Å². The molecule has 1 saturated heterocycles. The van der Waals surface area contributed by atoms with Crippen molar-refractivity contribution < 1.29 is 19.0 Å². The van der Waals surface area contributed by atoms with Crippen molar-refractivity contribution in [3.63, 3.8) is 0 Å². The van der Waals surface area contributed by atoms with Crippen LogP contribution in [0.1, 0.15) is 22.5 Å². The van der Waals surface area contributed by atoms with Crippen LogP contribution in [0.5, 0.6) is 5.75 Å². The Hall–Kier alpha value is -3.37. The van der Waals surface area contributed by atoms with Crippen molar-refractivity contribution in [2.45, 2.75) is 12.0 Å². The van der Waals surface area contributed by atoms with E-state index in [1.807, 2.05) is 11.9 Å². The topological polar surface area (TPSA) is 88.7 Å². The Bertz CT molecular complexity index is 1030. The van der Waals surface area contributed by atoms with Gasteiger partial charge in [0.05, 0.1) is 24.1 Å². The van der Waals surface area contributed by atoms with Gasteiger partial charge in [0.25, 0.3) is 5.91 Å². The largest absolute Gasteiger partial charge is 0.497 e. The van der Waals surface area contributed by atoms with Gasteiger partial charge >= 0.3 is 0 Å². The van der Waals surface area contributed by atoms with E-state index in [0.29, 0.717) is 35.7 Å². The number of aliphatic hydroxyl groups is 1. The third-order valence-corrected chi connectivity index (χ3v) is 4.70. The van der Waals surface area contributed by atoms with Crippen molar-refractivity contribution in [3.05, 3.63) is 59.7 Å². The molecule has 1 atom stereocenters. The summed E-state index contributed by atoms with van der Waals surface area (Å²) >= 11 is 0. The fourth-order valence-electron chi connectivity index (χ4n) is 2.91. The van der Waals surface area contributed by atoms with Crippen LogP contribution >= 0.6 is 0 Å². The Morgan fingerprint density at radius 1 is 1.43 bits per heavy atom. The molecule has 2 aromatic rings. The molecule has 0 unspecified atom stereocenters. The molecule has 144 valence electrons. The van der Waals surface area contributed by atoms with Crippen molar-refractivity contribution in [1.29, 1.82) is 0 Å². The van der Waals surface area contributed by atoms with Gasteiger partial charge in [0.1, 0.15) is 17.3 Å². The van der Waals surface area contributed by atoms with Gasteiger partial charge < -0.3 is 20.5 Å². The van der Waals surface area contributed by atoms with E-state index < -0.39 is 17.3 Å². The number of rotatable bonds is 3. The van der Waals surface area contributed by atoms with Gasteiger partial charge in [-0.1, -0.05) is 18.4 Å². The van der Waals surface area contributed by atoms with Crippen LogP contribution in [0.4, 0.5) is 4.39 Å². The van der Waals surface area contributed by atoms with Crippen LogP contribution in [0.15, 0.2) is 42.6 Å². The molecule has 0 saturated carbocycles. The molecule has 0 bridgehead atoms. The normalized spacial score (nSPS) is 18.6. The molecule has 3 rings (SSSR count). The molecule has 3 N–H and O–H groups in total. The van der Waals surface area contributed by atoms with Crippen molar-refractivity contribution in [2.24, 2.45) is 5.73 Å². The summed E-state index contributed by atoms with van der Waals surface area (Å²) in [5.74, 6) is 4.61. The maximum absolute atomic E-state index is 14.3. The highest BCUT2D eigenvalue weighted by Gasteiger charge is 2.36. The smallest absolute Gasteiger partial charge is 0.267 e. The molecule has 0 radical (unpaired) electrons. The lowest BCUT2D eigenvalue weighted by molar-refractivity contribution is 0.0995. The van der Waals surface area contributed by atoms with Gasteiger partial charge in [-0.15, -0.1) is 0 Å². The molecule has 0 spiro atoms. The highest BCUT2D eigenvalue weighted by atomic mass is 19.1. The Kier molecular flexibility index (Phi) is 5.08. The van der Waals surface area contributed by atoms with E-state index in [9.17, 15) is 14.3 Å². The number of primary amides is 1. The minimum Gasteiger partial charge on any atom is -0.497 e. The zero-order valence-electron chi connectivity index (χ0n) is 15.6. The first-order chi connectivity index (χ1) is 13.2. The van der Waals surface area contributed by atoms with Gasteiger partial charge in [-0.25, -0.2) is 9.37 Å². The highest BCUT2D eigenvalue weighted by Crippen LogP contribution is 2.29. The number of likely N-dealkylation sites (N-methyl/N-ethyl adjacent to an activating group) is 1. The van der Waals surface area contributed by atoms with E-state index in [4.69, 9.17) is 10.5 Å². The van der Waals surface area contributed by atoms with Crippen molar-refractivity contribution in [2.75, 3.05) is 20.7 Å². The molecular formula is C21H20FN3O3. The number of halogens is 1. The highest BCUT2D eigenvalue weighted by molar-refractivity contribution is 5.92. The van der Waals surface area contributed by atoms with Gasteiger partial charge in [-0.05, 0) is 18.2 Å². The van der Waals surface area contributed by atoms with Crippen molar-refractivity contribution in [1.82, 2.24) is 9.88 Å².